The van der Waals surface area contributed by atoms with Gasteiger partial charge in [0.15, 0.2) is 12.4 Å². The SMILES string of the molecule is Cc1noc(COc2cccc(C(C)N)c2)n1. The van der Waals surface area contributed by atoms with Gasteiger partial charge < -0.3 is 15.0 Å². The van der Waals surface area contributed by atoms with Crippen LogP contribution >= 0.6 is 0 Å². The Bertz CT molecular complexity index is 494. The van der Waals surface area contributed by atoms with Crippen LogP contribution in [0.1, 0.15) is 30.2 Å². The summed E-state index contributed by atoms with van der Waals surface area (Å²) in [5.74, 6) is 1.82. The lowest BCUT2D eigenvalue weighted by molar-refractivity contribution is 0.242. The van der Waals surface area contributed by atoms with E-state index in [1.165, 1.54) is 0 Å². The monoisotopic (exact) mass is 233 g/mol. The Balaban J connectivity index is 2.01. The molecule has 0 radical (unpaired) electrons. The molecule has 1 aromatic heterocycles. The average Bonchev–Trinajstić information content (AvgIpc) is 2.73. The van der Waals surface area contributed by atoms with Crippen LogP contribution < -0.4 is 10.5 Å². The smallest absolute Gasteiger partial charge is 0.264 e. The van der Waals surface area contributed by atoms with E-state index in [0.29, 0.717) is 11.7 Å². The predicted octanol–water partition coefficient (Wildman–Crippen LogP) is 1.98. The van der Waals surface area contributed by atoms with Crippen molar-refractivity contribution in [1.82, 2.24) is 10.1 Å². The summed E-state index contributed by atoms with van der Waals surface area (Å²) < 4.78 is 10.5. The van der Waals surface area contributed by atoms with E-state index in [-0.39, 0.29) is 12.6 Å². The maximum Gasteiger partial charge on any atom is 0.264 e. The van der Waals surface area contributed by atoms with Gasteiger partial charge in [-0.1, -0.05) is 17.3 Å². The van der Waals surface area contributed by atoms with Crippen molar-refractivity contribution in [1.29, 1.82) is 0 Å². The second kappa shape index (κ2) is 4.97. The Morgan fingerprint density at radius 1 is 1.47 bits per heavy atom. The molecule has 5 nitrogen and oxygen atoms in total. The molecule has 0 aliphatic heterocycles. The highest BCUT2D eigenvalue weighted by Gasteiger charge is 2.05. The molecule has 0 aliphatic carbocycles. The Kier molecular flexibility index (Phi) is 3.39. The van der Waals surface area contributed by atoms with Crippen molar-refractivity contribution in [2.45, 2.75) is 26.5 Å². The van der Waals surface area contributed by atoms with Crippen LogP contribution in [0.5, 0.6) is 5.75 Å². The van der Waals surface area contributed by atoms with Gasteiger partial charge in [-0.3, -0.25) is 0 Å². The molecule has 0 amide bonds. The molecule has 90 valence electrons. The van der Waals surface area contributed by atoms with Crippen molar-refractivity contribution < 1.29 is 9.26 Å². The van der Waals surface area contributed by atoms with Crippen LogP contribution in [0.3, 0.4) is 0 Å². The topological polar surface area (TPSA) is 74.2 Å². The number of nitrogens with zero attached hydrogens (tertiary/aromatic N) is 2. The third kappa shape index (κ3) is 3.04. The lowest BCUT2D eigenvalue weighted by Gasteiger charge is -2.08. The lowest BCUT2D eigenvalue weighted by atomic mass is 10.1. The molecule has 0 bridgehead atoms. The van der Waals surface area contributed by atoms with E-state index in [4.69, 9.17) is 15.0 Å². The van der Waals surface area contributed by atoms with Gasteiger partial charge in [0.2, 0.25) is 0 Å². The zero-order valence-electron chi connectivity index (χ0n) is 9.88. The van der Waals surface area contributed by atoms with Crippen LogP contribution in [0.25, 0.3) is 0 Å². The van der Waals surface area contributed by atoms with Gasteiger partial charge in [-0.25, -0.2) is 0 Å². The number of rotatable bonds is 4. The fraction of sp³-hybridized carbons (Fsp3) is 0.333. The zero-order valence-corrected chi connectivity index (χ0v) is 9.88. The molecular formula is C12H15N3O2. The van der Waals surface area contributed by atoms with Crippen molar-refractivity contribution in [3.8, 4) is 5.75 Å². The summed E-state index contributed by atoms with van der Waals surface area (Å²) in [5, 5.41) is 3.69. The van der Waals surface area contributed by atoms with E-state index in [9.17, 15) is 0 Å². The summed E-state index contributed by atoms with van der Waals surface area (Å²) in [5.41, 5.74) is 6.83. The Labute approximate surface area is 99.6 Å². The van der Waals surface area contributed by atoms with Crippen LogP contribution in [-0.2, 0) is 6.61 Å². The minimum absolute atomic E-state index is 0.0100. The highest BCUT2D eigenvalue weighted by molar-refractivity contribution is 5.30. The minimum Gasteiger partial charge on any atom is -0.484 e. The van der Waals surface area contributed by atoms with Gasteiger partial charge in [-0.15, -0.1) is 0 Å². The van der Waals surface area contributed by atoms with Gasteiger partial charge in [0.05, 0.1) is 0 Å². The van der Waals surface area contributed by atoms with E-state index >= 15 is 0 Å². The van der Waals surface area contributed by atoms with Crippen molar-refractivity contribution in [3.05, 3.63) is 41.5 Å². The van der Waals surface area contributed by atoms with E-state index in [1.807, 2.05) is 31.2 Å². The Morgan fingerprint density at radius 3 is 2.94 bits per heavy atom. The summed E-state index contributed by atoms with van der Waals surface area (Å²) in [7, 11) is 0. The normalized spacial score (nSPS) is 12.4. The van der Waals surface area contributed by atoms with Gasteiger partial charge in [0, 0.05) is 6.04 Å². The number of aromatic nitrogens is 2. The number of aryl methyl sites for hydroxylation is 1. The Hall–Kier alpha value is -1.88. The molecule has 0 saturated carbocycles. The third-order valence-corrected chi connectivity index (χ3v) is 2.32. The first-order valence-corrected chi connectivity index (χ1v) is 5.42. The summed E-state index contributed by atoms with van der Waals surface area (Å²) in [6.07, 6.45) is 0. The molecule has 0 saturated heterocycles. The highest BCUT2D eigenvalue weighted by Crippen LogP contribution is 2.18. The number of benzene rings is 1. The highest BCUT2D eigenvalue weighted by atomic mass is 16.5. The molecule has 17 heavy (non-hydrogen) atoms. The van der Waals surface area contributed by atoms with Crippen LogP contribution in [0, 0.1) is 6.92 Å². The second-order valence-corrected chi connectivity index (χ2v) is 3.89. The molecule has 2 aromatic rings. The molecular weight excluding hydrogens is 218 g/mol. The maximum absolute atomic E-state index is 5.80. The number of ether oxygens (including phenoxy) is 1. The first kappa shape index (κ1) is 11.6. The molecule has 0 aliphatic rings. The average molecular weight is 233 g/mol. The van der Waals surface area contributed by atoms with Gasteiger partial charge >= 0.3 is 0 Å². The van der Waals surface area contributed by atoms with Crippen molar-refractivity contribution in [2.24, 2.45) is 5.73 Å². The molecule has 2 N–H and O–H groups in total. The van der Waals surface area contributed by atoms with Crippen molar-refractivity contribution in [3.63, 3.8) is 0 Å². The maximum atomic E-state index is 5.80. The van der Waals surface area contributed by atoms with E-state index in [0.717, 1.165) is 11.3 Å². The largest absolute Gasteiger partial charge is 0.484 e. The van der Waals surface area contributed by atoms with E-state index in [2.05, 4.69) is 10.1 Å². The van der Waals surface area contributed by atoms with Gasteiger partial charge in [0.25, 0.3) is 5.89 Å². The molecule has 2 rings (SSSR count). The van der Waals surface area contributed by atoms with Crippen LogP contribution in [0.15, 0.2) is 28.8 Å². The minimum atomic E-state index is -0.0100. The van der Waals surface area contributed by atoms with Crippen molar-refractivity contribution in [2.75, 3.05) is 0 Å². The van der Waals surface area contributed by atoms with Crippen molar-refractivity contribution >= 4 is 0 Å². The molecule has 1 aromatic carbocycles. The Morgan fingerprint density at radius 2 is 2.29 bits per heavy atom. The summed E-state index contributed by atoms with van der Waals surface area (Å²) in [4.78, 5) is 4.06. The fourth-order valence-corrected chi connectivity index (χ4v) is 1.43. The number of hydrogen-bond donors (Lipinski definition) is 1. The standard InChI is InChI=1S/C12H15N3O2/c1-8(13)10-4-3-5-11(6-10)16-7-12-14-9(2)15-17-12/h3-6,8H,7,13H2,1-2H3. The van der Waals surface area contributed by atoms with E-state index < -0.39 is 0 Å². The predicted molar refractivity (Wildman–Crippen MR) is 62.4 cm³/mol. The lowest BCUT2D eigenvalue weighted by Crippen LogP contribution is -2.05. The van der Waals surface area contributed by atoms with Crippen LogP contribution in [-0.4, -0.2) is 10.1 Å². The zero-order chi connectivity index (χ0) is 12.3. The number of nitrogens with two attached hydrogens (primary N) is 1. The second-order valence-electron chi connectivity index (χ2n) is 3.89. The van der Waals surface area contributed by atoms with Gasteiger partial charge in [-0.2, -0.15) is 4.98 Å². The number of hydrogen-bond acceptors (Lipinski definition) is 5. The molecule has 1 heterocycles. The summed E-state index contributed by atoms with van der Waals surface area (Å²) in [6.45, 7) is 3.97. The first-order valence-electron chi connectivity index (χ1n) is 5.42. The van der Waals surface area contributed by atoms with Gasteiger partial charge in [-0.05, 0) is 31.5 Å². The molecule has 1 atom stereocenters. The van der Waals surface area contributed by atoms with Crippen LogP contribution in [0.2, 0.25) is 0 Å². The fourth-order valence-electron chi connectivity index (χ4n) is 1.43. The van der Waals surface area contributed by atoms with E-state index in [1.54, 1.807) is 6.92 Å². The third-order valence-electron chi connectivity index (χ3n) is 2.32. The van der Waals surface area contributed by atoms with Gasteiger partial charge in [0.1, 0.15) is 5.75 Å². The van der Waals surface area contributed by atoms with Crippen LogP contribution in [0.4, 0.5) is 0 Å². The summed E-state index contributed by atoms with van der Waals surface area (Å²) >= 11 is 0. The quantitative estimate of drug-likeness (QED) is 0.873. The molecule has 1 unspecified atom stereocenters. The molecule has 0 spiro atoms. The summed E-state index contributed by atoms with van der Waals surface area (Å²) in [6, 6.07) is 7.65. The molecule has 5 heteroatoms. The first-order chi connectivity index (χ1) is 8.15. The molecule has 0 fully saturated rings.